The monoisotopic (exact) mass is 556 g/mol. The van der Waals surface area contributed by atoms with Crippen molar-refractivity contribution in [3.63, 3.8) is 0 Å². The van der Waals surface area contributed by atoms with Gasteiger partial charge in [-0.3, -0.25) is 9.89 Å². The fraction of sp³-hybridized carbons (Fsp3) is 0.650. The third-order valence-corrected chi connectivity index (χ3v) is 6.80. The second kappa shape index (κ2) is 11.9. The largest absolute Gasteiger partial charge is 0.387 e. The molecule has 1 aromatic rings. The predicted octanol–water partition coefficient (Wildman–Crippen LogP) is 3.48. The van der Waals surface area contributed by atoms with Crippen LogP contribution in [-0.2, 0) is 6.54 Å². The van der Waals surface area contributed by atoms with Gasteiger partial charge in [-0.15, -0.1) is 24.0 Å². The molecule has 0 spiro atoms. The number of thioether (sulfide) groups is 1. The summed E-state index contributed by atoms with van der Waals surface area (Å²) in [5.41, 5.74) is 0.274. The number of halogens is 3. The second-order valence-electron chi connectivity index (χ2n) is 7.68. The van der Waals surface area contributed by atoms with Gasteiger partial charge in [0.2, 0.25) is 0 Å². The lowest BCUT2D eigenvalue weighted by Crippen LogP contribution is -2.51. The number of benzene rings is 1. The Labute approximate surface area is 199 Å². The summed E-state index contributed by atoms with van der Waals surface area (Å²) in [5, 5.41) is 17.8. The van der Waals surface area contributed by atoms with Crippen molar-refractivity contribution in [3.05, 3.63) is 34.6 Å². The molecule has 2 saturated heterocycles. The van der Waals surface area contributed by atoms with E-state index in [1.165, 1.54) is 12.1 Å². The minimum atomic E-state index is -0.676. The molecule has 0 bridgehead atoms. The summed E-state index contributed by atoms with van der Waals surface area (Å²) in [6, 6.07) is 4.88. The molecule has 0 aromatic heterocycles. The van der Waals surface area contributed by atoms with Crippen LogP contribution in [-0.4, -0.2) is 65.3 Å². The van der Waals surface area contributed by atoms with Crippen LogP contribution in [0.4, 0.5) is 4.39 Å². The van der Waals surface area contributed by atoms with Crippen LogP contribution in [0.5, 0.6) is 0 Å². The highest BCUT2D eigenvalue weighted by atomic mass is 127. The molecule has 2 aliphatic rings. The Balaban J connectivity index is 0.00000300. The summed E-state index contributed by atoms with van der Waals surface area (Å²) in [5.74, 6) is 2.21. The summed E-state index contributed by atoms with van der Waals surface area (Å²) in [6.07, 6.45) is 2.95. The van der Waals surface area contributed by atoms with Crippen molar-refractivity contribution in [3.8, 4) is 0 Å². The Bertz CT molecular complexity index is 690. The summed E-state index contributed by atoms with van der Waals surface area (Å²) < 4.78 is 13.3. The molecule has 9 heteroatoms. The smallest absolute Gasteiger partial charge is 0.191 e. The van der Waals surface area contributed by atoms with Gasteiger partial charge < -0.3 is 15.7 Å². The van der Waals surface area contributed by atoms with E-state index in [0.717, 1.165) is 61.9 Å². The molecule has 0 radical (unpaired) electrons. The molecule has 2 fully saturated rings. The zero-order valence-corrected chi connectivity index (χ0v) is 20.7. The van der Waals surface area contributed by atoms with E-state index < -0.39 is 5.60 Å². The van der Waals surface area contributed by atoms with Crippen molar-refractivity contribution in [2.75, 3.05) is 37.7 Å². The second-order valence-corrected chi connectivity index (χ2v) is 9.19. The van der Waals surface area contributed by atoms with E-state index in [4.69, 9.17) is 11.6 Å². The number of likely N-dealkylation sites (tertiary alicyclic amines) is 1. The number of piperidine rings is 1. The summed E-state index contributed by atoms with van der Waals surface area (Å²) in [4.78, 5) is 6.98. The molecule has 2 unspecified atom stereocenters. The van der Waals surface area contributed by atoms with Crippen LogP contribution in [0.1, 0.15) is 31.7 Å². The van der Waals surface area contributed by atoms with Crippen LogP contribution >= 0.6 is 47.3 Å². The number of hydrogen-bond acceptors (Lipinski definition) is 4. The Morgan fingerprint density at radius 2 is 2.31 bits per heavy atom. The summed E-state index contributed by atoms with van der Waals surface area (Å²) in [7, 11) is 0. The number of nitrogens with zero attached hydrogens (tertiary/aromatic N) is 2. The molecule has 3 N–H and O–H groups in total. The van der Waals surface area contributed by atoms with Gasteiger partial charge in [0.1, 0.15) is 5.82 Å². The molecule has 29 heavy (non-hydrogen) atoms. The normalized spacial score (nSPS) is 25.5. The number of aliphatic imine (C=N–C) groups is 1. The first-order valence-corrected chi connectivity index (χ1v) is 11.5. The average molecular weight is 557 g/mol. The number of rotatable bonds is 6. The van der Waals surface area contributed by atoms with Gasteiger partial charge in [0.15, 0.2) is 5.96 Å². The Hall–Kier alpha value is -0.290. The van der Waals surface area contributed by atoms with Crippen molar-refractivity contribution < 1.29 is 9.50 Å². The quantitative estimate of drug-likeness (QED) is 0.285. The minimum absolute atomic E-state index is 0. The molecule has 0 aliphatic carbocycles. The first-order valence-electron chi connectivity index (χ1n) is 9.99. The maximum atomic E-state index is 13.3. The molecule has 2 heterocycles. The van der Waals surface area contributed by atoms with Crippen LogP contribution in [0.15, 0.2) is 23.2 Å². The molecule has 0 amide bonds. The molecule has 3 rings (SSSR count). The Morgan fingerprint density at radius 1 is 1.48 bits per heavy atom. The van der Waals surface area contributed by atoms with E-state index in [9.17, 15) is 9.50 Å². The van der Waals surface area contributed by atoms with Gasteiger partial charge in [-0.1, -0.05) is 17.7 Å². The number of hydrogen-bond donors (Lipinski definition) is 3. The van der Waals surface area contributed by atoms with Gasteiger partial charge in [-0.25, -0.2) is 4.39 Å². The highest BCUT2D eigenvalue weighted by Gasteiger charge is 2.31. The third kappa shape index (κ3) is 7.72. The maximum absolute atomic E-state index is 13.3. The number of aliphatic hydroxyl groups is 1. The fourth-order valence-electron chi connectivity index (χ4n) is 3.67. The van der Waals surface area contributed by atoms with Crippen molar-refractivity contribution >= 4 is 53.3 Å². The fourth-order valence-corrected chi connectivity index (χ4v) is 5.18. The number of guanidine groups is 1. The van der Waals surface area contributed by atoms with E-state index in [0.29, 0.717) is 18.1 Å². The average Bonchev–Trinajstić information content (AvgIpc) is 3.10. The van der Waals surface area contributed by atoms with Gasteiger partial charge in [0.05, 0.1) is 12.1 Å². The molecule has 5 nitrogen and oxygen atoms in total. The highest BCUT2D eigenvalue weighted by Crippen LogP contribution is 2.28. The highest BCUT2D eigenvalue weighted by molar-refractivity contribution is 14.0. The molecular weight excluding hydrogens is 526 g/mol. The topological polar surface area (TPSA) is 59.9 Å². The first kappa shape index (κ1) is 25.0. The van der Waals surface area contributed by atoms with Crippen molar-refractivity contribution in [1.82, 2.24) is 15.5 Å². The maximum Gasteiger partial charge on any atom is 0.191 e. The molecule has 2 aliphatic heterocycles. The standard InChI is InChI=1S/C20H30ClFN4OS.HI/c1-2-23-19(24-13-20(27)7-9-28-14-20)25-17-4-3-8-26(12-17)11-15-5-6-16(22)10-18(15)21;/h5-6,10,17,27H,2-4,7-9,11-14H2,1H3,(H2,23,24,25);1H. The lowest BCUT2D eigenvalue weighted by molar-refractivity contribution is 0.0778. The summed E-state index contributed by atoms with van der Waals surface area (Å²) >= 11 is 7.97. The molecular formula is C20H31ClFIN4OS. The Kier molecular flexibility index (Phi) is 10.3. The van der Waals surface area contributed by atoms with Gasteiger partial charge in [-0.2, -0.15) is 11.8 Å². The van der Waals surface area contributed by atoms with Gasteiger partial charge >= 0.3 is 0 Å². The minimum Gasteiger partial charge on any atom is -0.387 e. The Morgan fingerprint density at radius 3 is 3.00 bits per heavy atom. The predicted molar refractivity (Wildman–Crippen MR) is 131 cm³/mol. The van der Waals surface area contributed by atoms with E-state index >= 15 is 0 Å². The van der Waals surface area contributed by atoms with E-state index in [2.05, 4.69) is 20.5 Å². The zero-order valence-electron chi connectivity index (χ0n) is 16.8. The van der Waals surface area contributed by atoms with E-state index in [1.54, 1.807) is 17.8 Å². The lowest BCUT2D eigenvalue weighted by atomic mass is 10.0. The summed E-state index contributed by atoms with van der Waals surface area (Å²) in [6.45, 7) is 5.83. The van der Waals surface area contributed by atoms with Crippen LogP contribution < -0.4 is 10.6 Å². The SMILES string of the molecule is CCNC(=NCC1(O)CCSC1)NC1CCCN(Cc2ccc(F)cc2Cl)C1.I. The van der Waals surface area contributed by atoms with Crippen LogP contribution in [0.3, 0.4) is 0 Å². The third-order valence-electron chi connectivity index (χ3n) is 5.21. The zero-order chi connectivity index (χ0) is 20.0. The van der Waals surface area contributed by atoms with Gasteiger partial charge in [-0.05, 0) is 56.2 Å². The first-order chi connectivity index (χ1) is 13.5. The van der Waals surface area contributed by atoms with Crippen molar-refractivity contribution in [2.45, 2.75) is 44.4 Å². The van der Waals surface area contributed by atoms with Crippen molar-refractivity contribution in [1.29, 1.82) is 0 Å². The van der Waals surface area contributed by atoms with E-state index in [-0.39, 0.29) is 35.8 Å². The van der Waals surface area contributed by atoms with E-state index in [1.807, 2.05) is 6.92 Å². The molecule has 0 saturated carbocycles. The molecule has 1 aromatic carbocycles. The van der Waals surface area contributed by atoms with Crippen LogP contribution in [0.25, 0.3) is 0 Å². The van der Waals surface area contributed by atoms with Crippen molar-refractivity contribution in [2.24, 2.45) is 4.99 Å². The lowest BCUT2D eigenvalue weighted by Gasteiger charge is -2.34. The number of nitrogens with one attached hydrogen (secondary N) is 2. The van der Waals surface area contributed by atoms with Gasteiger partial charge in [0.25, 0.3) is 0 Å². The van der Waals surface area contributed by atoms with Gasteiger partial charge in [0, 0.05) is 36.5 Å². The van der Waals surface area contributed by atoms with Crippen LogP contribution in [0.2, 0.25) is 5.02 Å². The molecule has 2 atom stereocenters. The van der Waals surface area contributed by atoms with Crippen LogP contribution in [0, 0.1) is 5.82 Å². The molecule has 164 valence electrons.